The number of hydrogen-bond donors (Lipinski definition) is 2. The first-order valence-electron chi connectivity index (χ1n) is 6.27. The molecule has 1 heterocycles. The Balaban J connectivity index is 2.33. The summed E-state index contributed by atoms with van der Waals surface area (Å²) >= 11 is 1.57. The number of nitrogens with zero attached hydrogens (tertiary/aromatic N) is 1. The fourth-order valence-corrected chi connectivity index (χ4v) is 2.43. The highest BCUT2D eigenvalue weighted by molar-refractivity contribution is 7.07. The van der Waals surface area contributed by atoms with Gasteiger partial charge in [-0.25, -0.2) is 4.98 Å². The molecule has 0 aliphatic heterocycles. The van der Waals surface area contributed by atoms with Crippen molar-refractivity contribution in [2.45, 2.75) is 33.6 Å². The first-order valence-corrected chi connectivity index (χ1v) is 7.21. The molecule has 0 saturated heterocycles. The van der Waals surface area contributed by atoms with Crippen molar-refractivity contribution >= 4 is 17.2 Å². The summed E-state index contributed by atoms with van der Waals surface area (Å²) in [5, 5.41) is 4.94. The summed E-state index contributed by atoms with van der Waals surface area (Å²) in [4.78, 5) is 16.2. The minimum Gasteiger partial charge on any atom is -0.355 e. The van der Waals surface area contributed by atoms with Crippen LogP contribution >= 0.6 is 11.3 Å². The van der Waals surface area contributed by atoms with Crippen molar-refractivity contribution < 1.29 is 4.79 Å². The van der Waals surface area contributed by atoms with Gasteiger partial charge in [0, 0.05) is 24.9 Å². The number of hydrogen-bond acceptors (Lipinski definition) is 4. The minimum absolute atomic E-state index is 0.0580. The molecule has 0 aromatic carbocycles. The molecule has 1 rings (SSSR count). The zero-order valence-electron chi connectivity index (χ0n) is 11.4. The van der Waals surface area contributed by atoms with Crippen LogP contribution in [0.15, 0.2) is 10.9 Å². The van der Waals surface area contributed by atoms with Gasteiger partial charge in [0.2, 0.25) is 5.91 Å². The fourth-order valence-electron chi connectivity index (χ4n) is 1.84. The van der Waals surface area contributed by atoms with E-state index in [1.807, 2.05) is 5.38 Å². The minimum atomic E-state index is -0.0968. The lowest BCUT2D eigenvalue weighted by Crippen LogP contribution is -2.38. The van der Waals surface area contributed by atoms with Crippen molar-refractivity contribution in [2.24, 2.45) is 17.1 Å². The Hall–Kier alpha value is -0.940. The lowest BCUT2D eigenvalue weighted by molar-refractivity contribution is -0.125. The molecule has 18 heavy (non-hydrogen) atoms. The van der Waals surface area contributed by atoms with Gasteiger partial charge in [-0.15, -0.1) is 11.3 Å². The molecule has 0 radical (unpaired) electrons. The molecule has 1 unspecified atom stereocenters. The number of rotatable bonds is 6. The molecule has 0 spiro atoms. The molecule has 4 nitrogen and oxygen atoms in total. The molecule has 102 valence electrons. The van der Waals surface area contributed by atoms with Gasteiger partial charge in [0.15, 0.2) is 0 Å². The smallest absolute Gasteiger partial charge is 0.224 e. The van der Waals surface area contributed by atoms with Gasteiger partial charge in [-0.3, -0.25) is 4.79 Å². The Morgan fingerprint density at radius 2 is 2.28 bits per heavy atom. The standard InChI is InChI=1S/C13H23N3OS/c1-13(2,3)6-10(7-14)12(17)15-5-4-11-8-18-9-16-11/h8-10H,4-7,14H2,1-3H3,(H,15,17). The van der Waals surface area contributed by atoms with Crippen LogP contribution in [-0.2, 0) is 11.2 Å². The van der Waals surface area contributed by atoms with Gasteiger partial charge in [-0.1, -0.05) is 20.8 Å². The summed E-state index contributed by atoms with van der Waals surface area (Å²) in [6.45, 7) is 7.40. The van der Waals surface area contributed by atoms with Crippen LogP contribution in [0.25, 0.3) is 0 Å². The maximum absolute atomic E-state index is 12.0. The van der Waals surface area contributed by atoms with Crippen molar-refractivity contribution in [2.75, 3.05) is 13.1 Å². The predicted molar refractivity (Wildman–Crippen MR) is 75.4 cm³/mol. The van der Waals surface area contributed by atoms with E-state index in [1.165, 1.54) is 0 Å². The van der Waals surface area contributed by atoms with Crippen LogP contribution in [0.1, 0.15) is 32.9 Å². The summed E-state index contributed by atoms with van der Waals surface area (Å²) < 4.78 is 0. The molecule has 1 atom stereocenters. The largest absolute Gasteiger partial charge is 0.355 e. The van der Waals surface area contributed by atoms with Crippen LogP contribution < -0.4 is 11.1 Å². The summed E-state index contributed by atoms with van der Waals surface area (Å²) in [7, 11) is 0. The van der Waals surface area contributed by atoms with E-state index < -0.39 is 0 Å². The van der Waals surface area contributed by atoms with Crippen molar-refractivity contribution in [3.63, 3.8) is 0 Å². The van der Waals surface area contributed by atoms with Crippen molar-refractivity contribution in [1.29, 1.82) is 0 Å². The average molecular weight is 269 g/mol. The van der Waals surface area contributed by atoms with Crippen LogP contribution in [0.3, 0.4) is 0 Å². The van der Waals surface area contributed by atoms with Crippen LogP contribution in [-0.4, -0.2) is 24.0 Å². The van der Waals surface area contributed by atoms with Crippen LogP contribution in [0.2, 0.25) is 0 Å². The Morgan fingerprint density at radius 1 is 1.56 bits per heavy atom. The molecule has 0 aliphatic rings. The second kappa shape index (κ2) is 6.85. The third-order valence-corrected chi connectivity index (χ3v) is 3.31. The molecular weight excluding hydrogens is 246 g/mol. The van der Waals surface area contributed by atoms with Crippen molar-refractivity contribution in [1.82, 2.24) is 10.3 Å². The molecule has 0 fully saturated rings. The van der Waals surface area contributed by atoms with E-state index in [0.717, 1.165) is 18.5 Å². The second-order valence-electron chi connectivity index (χ2n) is 5.72. The molecule has 5 heteroatoms. The third-order valence-electron chi connectivity index (χ3n) is 2.68. The van der Waals surface area contributed by atoms with E-state index in [1.54, 1.807) is 16.8 Å². The number of nitrogens with two attached hydrogens (primary N) is 1. The van der Waals surface area contributed by atoms with Crippen LogP contribution in [0, 0.1) is 11.3 Å². The van der Waals surface area contributed by atoms with Gasteiger partial charge < -0.3 is 11.1 Å². The topological polar surface area (TPSA) is 68.0 Å². The normalized spacial score (nSPS) is 13.3. The Bertz CT molecular complexity index is 357. The highest BCUT2D eigenvalue weighted by Gasteiger charge is 2.23. The van der Waals surface area contributed by atoms with Gasteiger partial charge in [0.1, 0.15) is 0 Å². The van der Waals surface area contributed by atoms with Gasteiger partial charge in [-0.05, 0) is 11.8 Å². The Morgan fingerprint density at radius 3 is 2.78 bits per heavy atom. The van der Waals surface area contributed by atoms with E-state index in [-0.39, 0.29) is 17.2 Å². The Kier molecular flexibility index (Phi) is 5.75. The van der Waals surface area contributed by atoms with Crippen LogP contribution in [0.4, 0.5) is 0 Å². The van der Waals surface area contributed by atoms with E-state index >= 15 is 0 Å². The number of thiazole rings is 1. The van der Waals surface area contributed by atoms with E-state index in [2.05, 4.69) is 31.1 Å². The molecule has 1 aromatic rings. The first kappa shape index (κ1) is 15.1. The third kappa shape index (κ3) is 5.60. The van der Waals surface area contributed by atoms with Gasteiger partial charge in [0.05, 0.1) is 17.1 Å². The second-order valence-corrected chi connectivity index (χ2v) is 6.44. The number of carbonyl (C=O) groups is 1. The summed E-state index contributed by atoms with van der Waals surface area (Å²) in [5.74, 6) is -0.0388. The number of amides is 1. The zero-order valence-corrected chi connectivity index (χ0v) is 12.2. The number of nitrogens with one attached hydrogen (secondary N) is 1. The quantitative estimate of drug-likeness (QED) is 0.827. The van der Waals surface area contributed by atoms with Gasteiger partial charge >= 0.3 is 0 Å². The maximum atomic E-state index is 12.0. The molecule has 3 N–H and O–H groups in total. The fraction of sp³-hybridized carbons (Fsp3) is 0.692. The summed E-state index contributed by atoms with van der Waals surface area (Å²) in [6.07, 6.45) is 1.59. The van der Waals surface area contributed by atoms with E-state index in [4.69, 9.17) is 5.73 Å². The monoisotopic (exact) mass is 269 g/mol. The summed E-state index contributed by atoms with van der Waals surface area (Å²) in [6, 6.07) is 0. The number of carbonyl (C=O) groups excluding carboxylic acids is 1. The van der Waals surface area contributed by atoms with Gasteiger partial charge in [-0.2, -0.15) is 0 Å². The van der Waals surface area contributed by atoms with Crippen LogP contribution in [0.5, 0.6) is 0 Å². The van der Waals surface area contributed by atoms with E-state index in [0.29, 0.717) is 13.1 Å². The lowest BCUT2D eigenvalue weighted by atomic mass is 9.84. The highest BCUT2D eigenvalue weighted by atomic mass is 32.1. The van der Waals surface area contributed by atoms with Crippen molar-refractivity contribution in [3.8, 4) is 0 Å². The lowest BCUT2D eigenvalue weighted by Gasteiger charge is -2.24. The number of aromatic nitrogens is 1. The summed E-state index contributed by atoms with van der Waals surface area (Å²) in [5.41, 5.74) is 8.63. The maximum Gasteiger partial charge on any atom is 0.224 e. The molecule has 0 bridgehead atoms. The van der Waals surface area contributed by atoms with Crippen molar-refractivity contribution in [3.05, 3.63) is 16.6 Å². The molecule has 0 aliphatic carbocycles. The molecular formula is C13H23N3OS. The average Bonchev–Trinajstić information content (AvgIpc) is 2.77. The molecule has 1 amide bonds. The first-order chi connectivity index (χ1) is 8.42. The SMILES string of the molecule is CC(C)(C)CC(CN)C(=O)NCCc1cscn1. The molecule has 1 aromatic heterocycles. The molecule has 0 saturated carbocycles. The predicted octanol–water partition coefficient (Wildman–Crippen LogP) is 1.81. The van der Waals surface area contributed by atoms with E-state index in [9.17, 15) is 4.79 Å². The highest BCUT2D eigenvalue weighted by Crippen LogP contribution is 2.23. The Labute approximate surface area is 113 Å². The van der Waals surface area contributed by atoms with Gasteiger partial charge in [0.25, 0.3) is 0 Å². The zero-order chi connectivity index (χ0) is 13.6.